The first-order chi connectivity index (χ1) is 12.0. The van der Waals surface area contributed by atoms with Gasteiger partial charge in [-0.1, -0.05) is 13.0 Å². The molecule has 1 aliphatic carbocycles. The number of hydrogen-bond donors (Lipinski definition) is 1. The fraction of sp³-hybridized carbons (Fsp3) is 0.650. The van der Waals surface area contributed by atoms with Gasteiger partial charge in [0.2, 0.25) is 5.91 Å². The topological polar surface area (TPSA) is 50.8 Å². The molecule has 0 radical (unpaired) electrons. The van der Waals surface area contributed by atoms with Crippen molar-refractivity contribution in [3.63, 3.8) is 0 Å². The van der Waals surface area contributed by atoms with Crippen LogP contribution in [0.25, 0.3) is 0 Å². The van der Waals surface area contributed by atoms with Crippen LogP contribution in [-0.2, 0) is 11.2 Å². The van der Waals surface area contributed by atoms with Gasteiger partial charge in [-0.3, -0.25) is 4.79 Å². The van der Waals surface area contributed by atoms with Crippen LogP contribution in [0.1, 0.15) is 38.2 Å². The fourth-order valence-electron chi connectivity index (χ4n) is 3.15. The van der Waals surface area contributed by atoms with Gasteiger partial charge in [-0.25, -0.2) is 0 Å². The molecule has 1 fully saturated rings. The summed E-state index contributed by atoms with van der Waals surface area (Å²) in [6.07, 6.45) is 4.97. The molecule has 1 N–H and O–H groups in total. The van der Waals surface area contributed by atoms with Crippen LogP contribution in [0.3, 0.4) is 0 Å². The van der Waals surface area contributed by atoms with Crippen LogP contribution in [0, 0.1) is 5.92 Å². The molecule has 0 aromatic heterocycles. The van der Waals surface area contributed by atoms with Crippen LogP contribution in [0.15, 0.2) is 18.2 Å². The summed E-state index contributed by atoms with van der Waals surface area (Å²) in [6.45, 7) is 3.73. The summed E-state index contributed by atoms with van der Waals surface area (Å²) < 4.78 is 11.2. The molecule has 0 atom stereocenters. The number of nitrogens with one attached hydrogen (secondary N) is 1. The second kappa shape index (κ2) is 9.66. The number of benzene rings is 1. The molecule has 25 heavy (non-hydrogen) atoms. The van der Waals surface area contributed by atoms with Crippen LogP contribution in [0.2, 0.25) is 0 Å². The highest BCUT2D eigenvalue weighted by molar-refractivity contribution is 5.79. The van der Waals surface area contributed by atoms with Crippen LogP contribution in [-0.4, -0.2) is 51.2 Å². The lowest BCUT2D eigenvalue weighted by molar-refractivity contribution is -0.121. The van der Waals surface area contributed by atoms with Crippen LogP contribution in [0.5, 0.6) is 11.5 Å². The Labute approximate surface area is 151 Å². The summed E-state index contributed by atoms with van der Waals surface area (Å²) in [4.78, 5) is 14.4. The molecule has 140 valence electrons. The van der Waals surface area contributed by atoms with Gasteiger partial charge in [0.15, 0.2) is 11.5 Å². The number of ether oxygens (including phenoxy) is 2. The number of methoxy groups -OCH3 is 1. The molecule has 1 saturated carbocycles. The third kappa shape index (κ3) is 6.58. The highest BCUT2D eigenvalue weighted by Crippen LogP contribution is 2.28. The zero-order valence-corrected chi connectivity index (χ0v) is 16.0. The minimum atomic E-state index is 0.0860. The number of rotatable bonds is 8. The third-order valence-corrected chi connectivity index (χ3v) is 4.77. The first kappa shape index (κ1) is 19.6. The Bertz CT molecular complexity index is 552. The van der Waals surface area contributed by atoms with Gasteiger partial charge in [-0.15, -0.1) is 0 Å². The minimum absolute atomic E-state index is 0.0860. The van der Waals surface area contributed by atoms with Gasteiger partial charge in [0.05, 0.1) is 13.5 Å². The van der Waals surface area contributed by atoms with E-state index < -0.39 is 0 Å². The van der Waals surface area contributed by atoms with E-state index in [0.29, 0.717) is 24.8 Å². The summed E-state index contributed by atoms with van der Waals surface area (Å²) in [7, 11) is 5.64. The summed E-state index contributed by atoms with van der Waals surface area (Å²) in [5.74, 6) is 2.27. The first-order valence-electron chi connectivity index (χ1n) is 9.21. The molecule has 0 aliphatic heterocycles. The molecule has 0 spiro atoms. The number of likely N-dealkylation sites (N-methyl/N-ethyl adjacent to an activating group) is 1. The molecule has 5 nitrogen and oxygen atoms in total. The van der Waals surface area contributed by atoms with Crippen molar-refractivity contribution in [1.82, 2.24) is 10.2 Å². The first-order valence-corrected chi connectivity index (χ1v) is 9.21. The van der Waals surface area contributed by atoms with Crippen molar-refractivity contribution < 1.29 is 14.3 Å². The normalized spacial score (nSPS) is 20.4. The van der Waals surface area contributed by atoms with E-state index in [1.165, 1.54) is 12.8 Å². The van der Waals surface area contributed by atoms with E-state index >= 15 is 0 Å². The van der Waals surface area contributed by atoms with Crippen molar-refractivity contribution in [3.8, 4) is 11.5 Å². The largest absolute Gasteiger partial charge is 0.493 e. The summed E-state index contributed by atoms with van der Waals surface area (Å²) in [5.41, 5.74) is 0.943. The van der Waals surface area contributed by atoms with Gasteiger partial charge in [0.25, 0.3) is 0 Å². The van der Waals surface area contributed by atoms with E-state index in [4.69, 9.17) is 9.47 Å². The minimum Gasteiger partial charge on any atom is -0.493 e. The molecule has 5 heteroatoms. The van der Waals surface area contributed by atoms with Gasteiger partial charge in [-0.2, -0.15) is 0 Å². The van der Waals surface area contributed by atoms with E-state index in [-0.39, 0.29) is 5.91 Å². The predicted molar refractivity (Wildman–Crippen MR) is 100 cm³/mol. The Morgan fingerprint density at radius 3 is 2.56 bits per heavy atom. The van der Waals surface area contributed by atoms with E-state index in [9.17, 15) is 4.79 Å². The highest BCUT2D eigenvalue weighted by atomic mass is 16.5. The lowest BCUT2D eigenvalue weighted by atomic mass is 9.87. The Morgan fingerprint density at radius 2 is 1.92 bits per heavy atom. The van der Waals surface area contributed by atoms with E-state index in [1.54, 1.807) is 7.11 Å². The molecule has 1 aromatic rings. The van der Waals surface area contributed by atoms with Gasteiger partial charge in [0, 0.05) is 12.6 Å². The highest BCUT2D eigenvalue weighted by Gasteiger charge is 2.20. The number of carbonyl (C=O) groups is 1. The smallest absolute Gasteiger partial charge is 0.224 e. The van der Waals surface area contributed by atoms with Crippen LogP contribution >= 0.6 is 0 Å². The molecule has 0 bridgehead atoms. The van der Waals surface area contributed by atoms with Crippen LogP contribution < -0.4 is 14.8 Å². The van der Waals surface area contributed by atoms with Gasteiger partial charge in [-0.05, 0) is 63.4 Å². The number of hydrogen-bond acceptors (Lipinski definition) is 4. The van der Waals surface area contributed by atoms with Crippen LogP contribution in [0.4, 0.5) is 0 Å². The Balaban J connectivity index is 1.87. The van der Waals surface area contributed by atoms with Crippen molar-refractivity contribution in [1.29, 1.82) is 0 Å². The zero-order valence-electron chi connectivity index (χ0n) is 16.0. The van der Waals surface area contributed by atoms with E-state index in [2.05, 4.69) is 17.1 Å². The molecule has 1 aliphatic rings. The number of carbonyl (C=O) groups excluding carboxylic acids is 1. The molecule has 1 aromatic carbocycles. The Kier molecular flexibility index (Phi) is 7.56. The number of nitrogens with zero attached hydrogens (tertiary/aromatic N) is 1. The fourth-order valence-corrected chi connectivity index (χ4v) is 3.15. The van der Waals surface area contributed by atoms with Crippen molar-refractivity contribution in [3.05, 3.63) is 23.8 Å². The molecule has 0 unspecified atom stereocenters. The maximum absolute atomic E-state index is 12.3. The van der Waals surface area contributed by atoms with Crippen molar-refractivity contribution in [2.75, 3.05) is 34.4 Å². The molecule has 2 rings (SSSR count). The lowest BCUT2D eigenvalue weighted by Crippen LogP contribution is -2.38. The monoisotopic (exact) mass is 348 g/mol. The van der Waals surface area contributed by atoms with E-state index in [1.807, 2.05) is 32.3 Å². The standard InChI is InChI=1S/C20H32N2O3/c1-15-5-8-17(9-6-15)21-20(23)14-16-7-10-18(19(13-16)24-4)25-12-11-22(2)3/h7,10,13,15,17H,5-6,8-9,11-12,14H2,1-4H3,(H,21,23). The quantitative estimate of drug-likeness (QED) is 0.785. The predicted octanol–water partition coefficient (Wildman–Crippen LogP) is 2.87. The maximum atomic E-state index is 12.3. The maximum Gasteiger partial charge on any atom is 0.224 e. The molecular weight excluding hydrogens is 316 g/mol. The van der Waals surface area contributed by atoms with Crippen molar-refractivity contribution in [2.24, 2.45) is 5.92 Å². The summed E-state index contributed by atoms with van der Waals surface area (Å²) in [6, 6.07) is 6.06. The molecule has 0 saturated heterocycles. The second-order valence-electron chi connectivity index (χ2n) is 7.34. The molecule has 1 amide bonds. The van der Waals surface area contributed by atoms with E-state index in [0.717, 1.165) is 36.6 Å². The van der Waals surface area contributed by atoms with Gasteiger partial charge in [0.1, 0.15) is 6.61 Å². The van der Waals surface area contributed by atoms with Gasteiger partial charge >= 0.3 is 0 Å². The SMILES string of the molecule is COc1cc(CC(=O)NC2CCC(C)CC2)ccc1OCCN(C)C. The third-order valence-electron chi connectivity index (χ3n) is 4.77. The van der Waals surface area contributed by atoms with Gasteiger partial charge < -0.3 is 19.7 Å². The second-order valence-corrected chi connectivity index (χ2v) is 7.34. The average Bonchev–Trinajstić information content (AvgIpc) is 2.57. The number of amides is 1. The molecule has 0 heterocycles. The van der Waals surface area contributed by atoms with Crippen molar-refractivity contribution >= 4 is 5.91 Å². The summed E-state index contributed by atoms with van der Waals surface area (Å²) >= 11 is 0. The molecular formula is C20H32N2O3. The average molecular weight is 348 g/mol. The Hall–Kier alpha value is -1.75. The summed E-state index contributed by atoms with van der Waals surface area (Å²) in [5, 5.41) is 3.17. The van der Waals surface area contributed by atoms with Crippen molar-refractivity contribution in [2.45, 2.75) is 45.1 Å². The Morgan fingerprint density at radius 1 is 1.20 bits per heavy atom. The zero-order chi connectivity index (χ0) is 18.2. The lowest BCUT2D eigenvalue weighted by Gasteiger charge is -2.27.